The number of aryl methyl sites for hydroxylation is 1. The van der Waals surface area contributed by atoms with Crippen LogP contribution < -0.4 is 5.32 Å². The molecule has 2 amide bonds. The van der Waals surface area contributed by atoms with E-state index < -0.39 is 17.1 Å². The van der Waals surface area contributed by atoms with E-state index in [2.05, 4.69) is 20.4 Å². The number of carbonyl (C=O) groups excluding carboxylic acids is 2. The fourth-order valence-electron chi connectivity index (χ4n) is 4.52. The molecule has 1 N–H and O–H groups in total. The van der Waals surface area contributed by atoms with E-state index in [4.69, 9.17) is 9.26 Å². The summed E-state index contributed by atoms with van der Waals surface area (Å²) in [5.41, 5.74) is -0.783. The van der Waals surface area contributed by atoms with Gasteiger partial charge in [-0.15, -0.1) is 0 Å². The van der Waals surface area contributed by atoms with Gasteiger partial charge in [0.1, 0.15) is 6.61 Å². The van der Waals surface area contributed by atoms with Crippen molar-refractivity contribution in [2.24, 2.45) is 5.92 Å². The van der Waals surface area contributed by atoms with Gasteiger partial charge >= 0.3 is 0 Å². The number of hydrogen-bond donors (Lipinski definition) is 1. The maximum Gasteiger partial charge on any atom is 0.273 e. The molecule has 4 rings (SSSR count). The van der Waals surface area contributed by atoms with Crippen LogP contribution in [0.2, 0.25) is 0 Å². The molecule has 2 aromatic rings. The minimum absolute atomic E-state index is 0.00474. The maximum absolute atomic E-state index is 13.9. The number of nitrogens with one attached hydrogen (secondary N) is 1. The van der Waals surface area contributed by atoms with Gasteiger partial charge in [-0.1, -0.05) is 5.16 Å². The molecule has 0 radical (unpaired) electrons. The molecule has 154 valence electrons. The molecule has 29 heavy (non-hydrogen) atoms. The molecule has 1 unspecified atom stereocenters. The molecule has 1 saturated carbocycles. The second-order valence-electron chi connectivity index (χ2n) is 7.65. The summed E-state index contributed by atoms with van der Waals surface area (Å²) in [5.74, 6) is -0.318. The van der Waals surface area contributed by atoms with Crippen LogP contribution in [0.25, 0.3) is 0 Å². The number of methoxy groups -OCH3 is 1. The molecular formula is C19H22FN5O4. The molecule has 3 atom stereocenters. The Bertz CT molecular complexity index is 935. The maximum atomic E-state index is 13.9. The Morgan fingerprint density at radius 1 is 1.48 bits per heavy atom. The Kier molecular flexibility index (Phi) is 5.03. The predicted octanol–water partition coefficient (Wildman–Crippen LogP) is 0.847. The molecule has 3 heterocycles. The highest BCUT2D eigenvalue weighted by molar-refractivity contribution is 5.92. The van der Waals surface area contributed by atoms with Crippen LogP contribution in [0.1, 0.15) is 35.0 Å². The molecule has 1 aliphatic heterocycles. The minimum atomic E-state index is -0.665. The first kappa shape index (κ1) is 19.4. The molecule has 2 aromatic heterocycles. The van der Waals surface area contributed by atoms with Crippen LogP contribution in [0.3, 0.4) is 0 Å². The first-order valence-electron chi connectivity index (χ1n) is 9.42. The number of halogens is 1. The number of likely N-dealkylation sites (tertiary alicyclic amines) is 1. The second kappa shape index (κ2) is 7.51. The smallest absolute Gasteiger partial charge is 0.273 e. The van der Waals surface area contributed by atoms with Crippen molar-refractivity contribution in [3.63, 3.8) is 0 Å². The summed E-state index contributed by atoms with van der Waals surface area (Å²) in [4.78, 5) is 34.8. The first-order valence-corrected chi connectivity index (χ1v) is 9.42. The summed E-state index contributed by atoms with van der Waals surface area (Å²) >= 11 is 0. The lowest BCUT2D eigenvalue weighted by Gasteiger charge is -2.25. The zero-order valence-corrected chi connectivity index (χ0v) is 16.2. The average Bonchev–Trinajstić information content (AvgIpc) is 3.35. The van der Waals surface area contributed by atoms with Crippen molar-refractivity contribution in [2.75, 3.05) is 26.8 Å². The SMILES string of the molecule is COCC(=O)N1CC2C[C@@H](NC(=O)c3ncccc3F)C[C@]2(c2nc(C)no2)C1. The van der Waals surface area contributed by atoms with E-state index >= 15 is 0 Å². The molecule has 10 heteroatoms. The molecule has 2 fully saturated rings. The molecule has 0 spiro atoms. The number of aromatic nitrogens is 3. The predicted molar refractivity (Wildman–Crippen MR) is 97.3 cm³/mol. The van der Waals surface area contributed by atoms with E-state index in [0.29, 0.717) is 37.6 Å². The van der Waals surface area contributed by atoms with E-state index in [0.717, 1.165) is 0 Å². The standard InChI is InChI=1S/C19H22FN5O4/c1-11-22-18(29-24-11)19-7-13(23-17(27)16-14(20)4-3-5-21-16)6-12(19)8-25(10-19)15(26)9-28-2/h3-5,12-13H,6-10H2,1-2H3,(H,23,27)/t12?,13-,19+/m1/s1. The minimum Gasteiger partial charge on any atom is -0.375 e. The van der Waals surface area contributed by atoms with Crippen LogP contribution in [0.5, 0.6) is 0 Å². The summed E-state index contributed by atoms with van der Waals surface area (Å²) in [7, 11) is 1.48. The molecule has 2 aliphatic rings. The Labute approximate surface area is 166 Å². The monoisotopic (exact) mass is 403 g/mol. The van der Waals surface area contributed by atoms with Gasteiger partial charge in [0, 0.05) is 32.4 Å². The normalized spacial score (nSPS) is 25.8. The number of nitrogens with zero attached hydrogens (tertiary/aromatic N) is 4. The first-order chi connectivity index (χ1) is 13.9. The Morgan fingerprint density at radius 3 is 3.00 bits per heavy atom. The van der Waals surface area contributed by atoms with Gasteiger partial charge in [0.05, 0.1) is 5.41 Å². The fraction of sp³-hybridized carbons (Fsp3) is 0.526. The average molecular weight is 403 g/mol. The Balaban J connectivity index is 1.55. The van der Waals surface area contributed by atoms with Crippen molar-refractivity contribution in [3.8, 4) is 0 Å². The summed E-state index contributed by atoms with van der Waals surface area (Å²) < 4.78 is 24.3. The largest absolute Gasteiger partial charge is 0.375 e. The van der Waals surface area contributed by atoms with Crippen molar-refractivity contribution >= 4 is 11.8 Å². The van der Waals surface area contributed by atoms with Crippen molar-refractivity contribution in [1.29, 1.82) is 0 Å². The Morgan fingerprint density at radius 2 is 2.31 bits per heavy atom. The number of fused-ring (bicyclic) bond motifs is 1. The third-order valence-electron chi connectivity index (χ3n) is 5.76. The highest BCUT2D eigenvalue weighted by Gasteiger charge is 2.58. The van der Waals surface area contributed by atoms with Gasteiger partial charge in [0.15, 0.2) is 17.3 Å². The lowest BCUT2D eigenvalue weighted by Crippen LogP contribution is -2.40. The Hall–Kier alpha value is -2.88. The lowest BCUT2D eigenvalue weighted by molar-refractivity contribution is -0.134. The highest BCUT2D eigenvalue weighted by Crippen LogP contribution is 2.50. The summed E-state index contributed by atoms with van der Waals surface area (Å²) in [5, 5.41) is 6.78. The number of pyridine rings is 1. The van der Waals surface area contributed by atoms with Crippen LogP contribution >= 0.6 is 0 Å². The quantitative estimate of drug-likeness (QED) is 0.788. The van der Waals surface area contributed by atoms with E-state index in [-0.39, 0.29) is 30.2 Å². The van der Waals surface area contributed by atoms with Gasteiger partial charge in [0.2, 0.25) is 11.8 Å². The third-order valence-corrected chi connectivity index (χ3v) is 5.76. The highest BCUT2D eigenvalue weighted by atomic mass is 19.1. The molecule has 0 bridgehead atoms. The van der Waals surface area contributed by atoms with Crippen molar-refractivity contribution < 1.29 is 23.2 Å². The van der Waals surface area contributed by atoms with Gasteiger partial charge in [0.25, 0.3) is 5.91 Å². The lowest BCUT2D eigenvalue weighted by atomic mass is 9.80. The summed E-state index contributed by atoms with van der Waals surface area (Å²) in [6, 6.07) is 2.42. The van der Waals surface area contributed by atoms with Crippen LogP contribution in [-0.4, -0.2) is 64.7 Å². The van der Waals surface area contributed by atoms with Crippen LogP contribution in [0, 0.1) is 18.7 Å². The summed E-state index contributed by atoms with van der Waals surface area (Å²) in [6.07, 6.45) is 2.50. The van der Waals surface area contributed by atoms with Crippen LogP contribution in [0.15, 0.2) is 22.9 Å². The van der Waals surface area contributed by atoms with Gasteiger partial charge < -0.3 is 19.5 Å². The second-order valence-corrected chi connectivity index (χ2v) is 7.65. The number of carbonyl (C=O) groups is 2. The van der Waals surface area contributed by atoms with Crippen molar-refractivity contribution in [3.05, 3.63) is 41.6 Å². The molecule has 9 nitrogen and oxygen atoms in total. The van der Waals surface area contributed by atoms with E-state index in [1.807, 2.05) is 0 Å². The van der Waals surface area contributed by atoms with Crippen LogP contribution in [-0.2, 0) is 14.9 Å². The van der Waals surface area contributed by atoms with Gasteiger partial charge in [-0.2, -0.15) is 4.98 Å². The zero-order valence-electron chi connectivity index (χ0n) is 16.2. The molecular weight excluding hydrogens is 381 g/mol. The zero-order chi connectivity index (χ0) is 20.6. The van der Waals surface area contributed by atoms with Crippen LogP contribution in [0.4, 0.5) is 4.39 Å². The van der Waals surface area contributed by atoms with E-state index in [1.54, 1.807) is 11.8 Å². The van der Waals surface area contributed by atoms with Gasteiger partial charge in [-0.25, -0.2) is 9.37 Å². The third kappa shape index (κ3) is 3.48. The van der Waals surface area contributed by atoms with Gasteiger partial charge in [-0.05, 0) is 37.8 Å². The topological polar surface area (TPSA) is 110 Å². The van der Waals surface area contributed by atoms with E-state index in [9.17, 15) is 14.0 Å². The number of ether oxygens (including phenoxy) is 1. The van der Waals surface area contributed by atoms with E-state index in [1.165, 1.54) is 25.4 Å². The number of amides is 2. The van der Waals surface area contributed by atoms with Crippen molar-refractivity contribution in [1.82, 2.24) is 25.3 Å². The summed E-state index contributed by atoms with van der Waals surface area (Å²) in [6.45, 7) is 2.66. The molecule has 1 aliphatic carbocycles. The fourth-order valence-corrected chi connectivity index (χ4v) is 4.52. The molecule has 0 aromatic carbocycles. The molecule has 1 saturated heterocycles. The van der Waals surface area contributed by atoms with Gasteiger partial charge in [-0.3, -0.25) is 9.59 Å². The number of hydrogen-bond acceptors (Lipinski definition) is 7. The van der Waals surface area contributed by atoms with Crippen molar-refractivity contribution in [2.45, 2.75) is 31.2 Å². The number of rotatable bonds is 5.